The summed E-state index contributed by atoms with van der Waals surface area (Å²) in [7, 11) is -3.01. The summed E-state index contributed by atoms with van der Waals surface area (Å²) in [5.74, 6) is 0.856. The number of furan rings is 1. The van der Waals surface area contributed by atoms with E-state index in [1.807, 2.05) is 38.1 Å². The van der Waals surface area contributed by atoms with Crippen LogP contribution in [0.4, 0.5) is 4.79 Å². The van der Waals surface area contributed by atoms with Gasteiger partial charge in [-0.25, -0.2) is 13.2 Å². The van der Waals surface area contributed by atoms with Gasteiger partial charge >= 0.3 is 6.03 Å². The van der Waals surface area contributed by atoms with Gasteiger partial charge in [0.1, 0.15) is 11.3 Å². The number of hydrogen-bond acceptors (Lipinski definition) is 4. The highest BCUT2D eigenvalue weighted by Gasteiger charge is 2.29. The molecule has 1 aliphatic rings. The summed E-state index contributed by atoms with van der Waals surface area (Å²) in [5.41, 5.74) is 1.78. The summed E-state index contributed by atoms with van der Waals surface area (Å²) in [4.78, 5) is 12.1. The van der Waals surface area contributed by atoms with Crippen LogP contribution in [0, 0.1) is 6.92 Å². The zero-order chi connectivity index (χ0) is 16.6. The van der Waals surface area contributed by atoms with E-state index in [0.717, 1.165) is 16.5 Å². The van der Waals surface area contributed by atoms with Crippen molar-refractivity contribution in [3.05, 3.63) is 35.6 Å². The third-order valence-corrected chi connectivity index (χ3v) is 5.96. The smallest absolute Gasteiger partial charge is 0.315 e. The van der Waals surface area contributed by atoms with Crippen LogP contribution in [0.15, 0.2) is 28.7 Å². The average Bonchev–Trinajstić information content (AvgIpc) is 2.99. The van der Waals surface area contributed by atoms with Crippen molar-refractivity contribution < 1.29 is 17.6 Å². The Hall–Kier alpha value is -2.02. The van der Waals surface area contributed by atoms with Crippen molar-refractivity contribution in [2.24, 2.45) is 0 Å². The van der Waals surface area contributed by atoms with Crippen LogP contribution >= 0.6 is 0 Å². The minimum Gasteiger partial charge on any atom is -0.459 e. The van der Waals surface area contributed by atoms with Crippen LogP contribution in [0.3, 0.4) is 0 Å². The zero-order valence-corrected chi connectivity index (χ0v) is 13.9. The molecule has 1 fully saturated rings. The highest BCUT2D eigenvalue weighted by Crippen LogP contribution is 2.29. The zero-order valence-electron chi connectivity index (χ0n) is 13.1. The lowest BCUT2D eigenvalue weighted by atomic mass is 10.1. The van der Waals surface area contributed by atoms with Gasteiger partial charge in [-0.3, -0.25) is 0 Å². The Labute approximate surface area is 135 Å². The van der Waals surface area contributed by atoms with Crippen molar-refractivity contribution in [2.75, 3.05) is 11.5 Å². The minimum atomic E-state index is -3.01. The molecule has 1 aromatic carbocycles. The highest BCUT2D eigenvalue weighted by atomic mass is 32.2. The fourth-order valence-corrected chi connectivity index (χ4v) is 4.68. The van der Waals surface area contributed by atoms with E-state index in [2.05, 4.69) is 10.6 Å². The maximum absolute atomic E-state index is 12.1. The van der Waals surface area contributed by atoms with Crippen molar-refractivity contribution in [1.82, 2.24) is 10.6 Å². The maximum Gasteiger partial charge on any atom is 0.315 e. The molecule has 1 aromatic heterocycles. The van der Waals surface area contributed by atoms with Crippen LogP contribution in [0.5, 0.6) is 0 Å². The molecular formula is C16H20N2O4S. The first kappa shape index (κ1) is 15.9. The summed E-state index contributed by atoms with van der Waals surface area (Å²) >= 11 is 0. The summed E-state index contributed by atoms with van der Waals surface area (Å²) in [6, 6.07) is 6.72. The minimum absolute atomic E-state index is 0.0124. The second kappa shape index (κ2) is 5.88. The monoisotopic (exact) mass is 336 g/mol. The predicted molar refractivity (Wildman–Crippen MR) is 88.1 cm³/mol. The Kier molecular flexibility index (Phi) is 4.06. The Morgan fingerprint density at radius 1 is 1.35 bits per heavy atom. The molecule has 0 saturated carbocycles. The summed E-state index contributed by atoms with van der Waals surface area (Å²) in [6.45, 7) is 3.80. The van der Waals surface area contributed by atoms with Gasteiger partial charge in [-0.05, 0) is 26.3 Å². The molecule has 0 radical (unpaired) electrons. The number of urea groups is 1. The van der Waals surface area contributed by atoms with Crippen LogP contribution in [0.25, 0.3) is 11.0 Å². The molecule has 7 heteroatoms. The molecule has 2 heterocycles. The largest absolute Gasteiger partial charge is 0.459 e. The third kappa shape index (κ3) is 3.34. The molecule has 2 amide bonds. The van der Waals surface area contributed by atoms with Gasteiger partial charge < -0.3 is 15.1 Å². The van der Waals surface area contributed by atoms with Gasteiger partial charge in [0.05, 0.1) is 17.5 Å². The van der Waals surface area contributed by atoms with E-state index in [-0.39, 0.29) is 29.6 Å². The van der Waals surface area contributed by atoms with Crippen LogP contribution in [0.2, 0.25) is 0 Å². The van der Waals surface area contributed by atoms with E-state index in [1.165, 1.54) is 0 Å². The van der Waals surface area contributed by atoms with Gasteiger partial charge in [0.2, 0.25) is 0 Å². The lowest BCUT2D eigenvalue weighted by molar-refractivity contribution is 0.233. The Bertz CT molecular complexity index is 841. The predicted octanol–water partition coefficient (Wildman–Crippen LogP) is 2.29. The SMILES string of the molecule is Cc1c([C@@H](C)NC(=O)NC2CCS(=O)(=O)C2)oc2ccccc12. The molecule has 1 unspecified atom stereocenters. The van der Waals surface area contributed by atoms with Crippen LogP contribution in [-0.4, -0.2) is 32.0 Å². The topological polar surface area (TPSA) is 88.4 Å². The number of rotatable bonds is 3. The Morgan fingerprint density at radius 3 is 2.74 bits per heavy atom. The maximum atomic E-state index is 12.1. The normalized spacial score (nSPS) is 21.2. The molecule has 2 aromatic rings. The van der Waals surface area contributed by atoms with Crippen molar-refractivity contribution in [2.45, 2.75) is 32.4 Å². The molecule has 1 aliphatic heterocycles. The summed E-state index contributed by atoms with van der Waals surface area (Å²) < 4.78 is 28.7. The molecule has 23 heavy (non-hydrogen) atoms. The van der Waals surface area contributed by atoms with Gasteiger partial charge in [-0.15, -0.1) is 0 Å². The van der Waals surface area contributed by atoms with E-state index in [1.54, 1.807) is 0 Å². The number of fused-ring (bicyclic) bond motifs is 1. The third-order valence-electron chi connectivity index (χ3n) is 4.19. The van der Waals surface area contributed by atoms with Gasteiger partial charge in [0, 0.05) is 17.0 Å². The van der Waals surface area contributed by atoms with Crippen LogP contribution in [-0.2, 0) is 9.84 Å². The first-order valence-electron chi connectivity index (χ1n) is 7.61. The molecule has 3 rings (SSSR count). The van der Waals surface area contributed by atoms with Gasteiger partial charge in [0.15, 0.2) is 9.84 Å². The fraction of sp³-hybridized carbons (Fsp3) is 0.438. The van der Waals surface area contributed by atoms with E-state index in [4.69, 9.17) is 4.42 Å². The lowest BCUT2D eigenvalue weighted by Crippen LogP contribution is -2.43. The number of para-hydroxylation sites is 1. The molecule has 0 aliphatic carbocycles. The van der Waals surface area contributed by atoms with Gasteiger partial charge in [0.25, 0.3) is 0 Å². The van der Waals surface area contributed by atoms with Crippen molar-refractivity contribution >= 4 is 26.8 Å². The van der Waals surface area contributed by atoms with E-state index < -0.39 is 9.84 Å². The highest BCUT2D eigenvalue weighted by molar-refractivity contribution is 7.91. The number of hydrogen-bond donors (Lipinski definition) is 2. The number of nitrogens with one attached hydrogen (secondary N) is 2. The van der Waals surface area contributed by atoms with Crippen molar-refractivity contribution in [3.63, 3.8) is 0 Å². The summed E-state index contributed by atoms with van der Waals surface area (Å²) in [6.07, 6.45) is 0.466. The lowest BCUT2D eigenvalue weighted by Gasteiger charge is -2.16. The quantitative estimate of drug-likeness (QED) is 0.900. The Balaban J connectivity index is 1.67. The first-order chi connectivity index (χ1) is 10.9. The molecule has 124 valence electrons. The van der Waals surface area contributed by atoms with Crippen molar-refractivity contribution in [3.8, 4) is 0 Å². The molecule has 1 saturated heterocycles. The molecule has 0 spiro atoms. The molecule has 0 bridgehead atoms. The molecule has 2 N–H and O–H groups in total. The number of amides is 2. The number of aryl methyl sites for hydroxylation is 1. The average molecular weight is 336 g/mol. The fourth-order valence-electron chi connectivity index (χ4n) is 3.00. The number of benzene rings is 1. The Morgan fingerprint density at radius 2 is 2.09 bits per heavy atom. The second-order valence-corrected chi connectivity index (χ2v) is 8.26. The first-order valence-corrected chi connectivity index (χ1v) is 9.43. The standard InChI is InChI=1S/C16H20N2O4S/c1-10-13-5-3-4-6-14(13)22-15(10)11(2)17-16(19)18-12-7-8-23(20,21)9-12/h3-6,11-12H,7-9H2,1-2H3,(H2,17,18,19)/t11-,12?/m1/s1. The van der Waals surface area contributed by atoms with E-state index >= 15 is 0 Å². The number of carbonyl (C=O) groups excluding carboxylic acids is 1. The molecule has 2 atom stereocenters. The van der Waals surface area contributed by atoms with Gasteiger partial charge in [-0.1, -0.05) is 18.2 Å². The van der Waals surface area contributed by atoms with Crippen LogP contribution < -0.4 is 10.6 Å². The molecule has 6 nitrogen and oxygen atoms in total. The summed E-state index contributed by atoms with van der Waals surface area (Å²) in [5, 5.41) is 6.56. The van der Waals surface area contributed by atoms with Crippen LogP contribution in [0.1, 0.15) is 30.7 Å². The van der Waals surface area contributed by atoms with E-state index in [0.29, 0.717) is 12.2 Å². The van der Waals surface area contributed by atoms with Gasteiger partial charge in [-0.2, -0.15) is 0 Å². The van der Waals surface area contributed by atoms with E-state index in [9.17, 15) is 13.2 Å². The second-order valence-electron chi connectivity index (χ2n) is 6.03. The molecular weight excluding hydrogens is 316 g/mol. The van der Waals surface area contributed by atoms with Crippen molar-refractivity contribution in [1.29, 1.82) is 0 Å². The number of carbonyl (C=O) groups is 1. The number of sulfone groups is 1.